The van der Waals surface area contributed by atoms with Gasteiger partial charge in [-0.3, -0.25) is 0 Å². The zero-order valence-corrected chi connectivity index (χ0v) is 51.1. The van der Waals surface area contributed by atoms with Crippen LogP contribution in [-0.2, 0) is 28.1 Å². The maximum absolute atomic E-state index is 7.12. The highest BCUT2D eigenvalue weighted by Gasteiger charge is 2.50. The first-order valence-corrected chi connectivity index (χ1v) is 31.7. The predicted octanol–water partition coefficient (Wildman–Crippen LogP) is 23.3. The lowest BCUT2D eigenvalue weighted by molar-refractivity contribution is 0.600. The summed E-state index contributed by atoms with van der Waals surface area (Å²) in [5.41, 5.74) is 36.2. The topological polar surface area (TPSA) is 42.7 Å². The van der Waals surface area contributed by atoms with E-state index in [1.54, 1.807) is 0 Å². The number of nitrogens with zero attached hydrogens (tertiary/aromatic N) is 1. The lowest BCUT2D eigenvalue weighted by atomic mass is 9.72. The highest BCUT2D eigenvalue weighted by Crippen LogP contribution is 2.66. The smallest absolute Gasteiger partial charge is 0.144 e. The number of fused-ring (bicyclic) bond motifs is 31. The van der Waals surface area contributed by atoms with Gasteiger partial charge in [-0.25, -0.2) is 0 Å². The van der Waals surface area contributed by atoms with Gasteiger partial charge in [0.25, 0.3) is 0 Å². The van der Waals surface area contributed by atoms with Gasteiger partial charge in [0, 0.05) is 87.7 Å². The molecule has 0 radical (unpaired) electrons. The van der Waals surface area contributed by atoms with Crippen molar-refractivity contribution in [2.24, 2.45) is 0 Å². The largest absolute Gasteiger partial charge is 0.455 e. The fourth-order valence-electron chi connectivity index (χ4n) is 18.2. The quantitative estimate of drug-likeness (QED) is 0.176. The van der Waals surface area contributed by atoms with Crippen LogP contribution in [0.2, 0.25) is 0 Å². The van der Waals surface area contributed by atoms with Gasteiger partial charge in [-0.15, -0.1) is 0 Å². The molecular weight excluding hydrogens is 1080 g/mol. The first-order valence-electron chi connectivity index (χ1n) is 31.7. The van der Waals surface area contributed by atoms with Crippen molar-refractivity contribution < 1.29 is 13.3 Å². The van der Waals surface area contributed by atoms with Crippen LogP contribution in [0.4, 0.5) is 17.1 Å². The molecule has 5 aliphatic carbocycles. The Kier molecular flexibility index (Phi) is 9.26. The van der Waals surface area contributed by atoms with Crippen LogP contribution < -0.4 is 4.90 Å². The summed E-state index contributed by atoms with van der Waals surface area (Å²) in [5.74, 6) is 0. The summed E-state index contributed by atoms with van der Waals surface area (Å²) in [6.45, 7) is 19.6. The van der Waals surface area contributed by atoms with Crippen molar-refractivity contribution in [1.29, 1.82) is 0 Å². The van der Waals surface area contributed by atoms with Crippen LogP contribution in [0.25, 0.3) is 133 Å². The number of hydrogen-bond donors (Lipinski definition) is 0. The third-order valence-corrected chi connectivity index (χ3v) is 22.2. The molecule has 89 heavy (non-hydrogen) atoms. The van der Waals surface area contributed by atoms with Gasteiger partial charge in [-0.2, -0.15) is 0 Å². The fourth-order valence-corrected chi connectivity index (χ4v) is 18.2. The van der Waals surface area contributed by atoms with Crippen molar-refractivity contribution in [2.75, 3.05) is 4.90 Å². The Balaban J connectivity index is 0.835. The van der Waals surface area contributed by atoms with Gasteiger partial charge in [-0.05, 0) is 173 Å². The van der Waals surface area contributed by atoms with Gasteiger partial charge in [-0.1, -0.05) is 207 Å². The Labute approximate surface area is 516 Å². The summed E-state index contributed by atoms with van der Waals surface area (Å²) >= 11 is 0. The van der Waals surface area contributed by atoms with E-state index in [2.05, 4.69) is 273 Å². The second-order valence-corrected chi connectivity index (χ2v) is 28.1. The number of para-hydroxylation sites is 3. The van der Waals surface area contributed by atoms with Gasteiger partial charge >= 0.3 is 0 Å². The highest BCUT2D eigenvalue weighted by atomic mass is 16.3. The highest BCUT2D eigenvalue weighted by molar-refractivity contribution is 6.23. The molecule has 424 valence electrons. The van der Waals surface area contributed by atoms with E-state index >= 15 is 0 Å². The minimum atomic E-state index is -0.392. The lowest BCUT2D eigenvalue weighted by Crippen LogP contribution is -2.24. The average Bonchev–Trinajstić information content (AvgIpc) is 1.52. The molecule has 15 aromatic rings. The van der Waals surface area contributed by atoms with Crippen molar-refractivity contribution in [2.45, 2.75) is 83.5 Å². The van der Waals surface area contributed by atoms with E-state index < -0.39 is 5.41 Å². The normalized spacial score (nSPS) is 16.0. The zero-order chi connectivity index (χ0) is 59.5. The van der Waals surface area contributed by atoms with Gasteiger partial charge in [0.2, 0.25) is 0 Å². The molecule has 12 aromatic carbocycles. The molecule has 0 unspecified atom stereocenters. The first kappa shape index (κ1) is 49.9. The zero-order valence-electron chi connectivity index (χ0n) is 51.1. The SMILES string of the molecule is CC1(C)c2cc(N(c3ccc4c(c3)C(C)(C)c3c5c(c6oc7ccccc7c6c3-4)-c3ccccc3C5)c3ccc4c(c3)C(C)(C)c3c5c(c6oc7ccccc7c6c3-4)-c3ccccc3C5(C)C)ccc2-c2c1cc(-c1ccccc1)c1oc3ccccc3c21. The molecule has 4 nitrogen and oxygen atoms in total. The standard InChI is InChI=1S/C85H61NO3/c1-82(2)61-41-47(34-37-52(61)69-64(82)44-58(45-22-10-9-11-23-45)79-72(69)55-27-15-19-31-65(55)87-79)86(48-35-38-53-62(42-48)84(5,6)76-59-40-46-24-12-13-25-50(46)68(59)80-73(70(53)76)56-28-16-20-32-66(56)88-80)49-36-39-54-63(43-49)85(7,8)77-71(54)74-57-29-17-21-33-67(57)89-81(74)75-51-26-14-18-30-60(51)83(3,4)78(75)77/h9-39,41-44H,40H2,1-8H3. The summed E-state index contributed by atoms with van der Waals surface area (Å²) in [4.78, 5) is 2.58. The van der Waals surface area contributed by atoms with E-state index in [1.807, 2.05) is 0 Å². The summed E-state index contributed by atoms with van der Waals surface area (Å²) in [6.07, 6.45) is 0.874. The molecule has 3 heterocycles. The molecule has 5 aliphatic rings. The fraction of sp³-hybridized carbons (Fsp3) is 0.153. The maximum Gasteiger partial charge on any atom is 0.144 e. The van der Waals surface area contributed by atoms with E-state index in [0.717, 1.165) is 78.9 Å². The molecule has 0 saturated carbocycles. The van der Waals surface area contributed by atoms with E-state index in [9.17, 15) is 0 Å². The average molecular weight is 1140 g/mol. The molecule has 0 saturated heterocycles. The molecular formula is C85H61NO3. The second kappa shape index (κ2) is 16.5. The van der Waals surface area contributed by atoms with Gasteiger partial charge in [0.15, 0.2) is 0 Å². The molecule has 4 heteroatoms. The number of rotatable bonds is 4. The second-order valence-electron chi connectivity index (χ2n) is 28.1. The third kappa shape index (κ3) is 6.06. The van der Waals surface area contributed by atoms with Crippen LogP contribution in [-0.4, -0.2) is 0 Å². The molecule has 0 N–H and O–H groups in total. The Bertz CT molecular complexity index is 5770. The maximum atomic E-state index is 7.12. The van der Waals surface area contributed by atoms with Crippen molar-refractivity contribution in [3.8, 4) is 66.8 Å². The summed E-state index contributed by atoms with van der Waals surface area (Å²) in [5, 5.41) is 7.08. The minimum absolute atomic E-state index is 0.269. The lowest BCUT2D eigenvalue weighted by Gasteiger charge is -2.32. The summed E-state index contributed by atoms with van der Waals surface area (Å²) < 4.78 is 21.1. The number of benzene rings is 12. The molecule has 0 bridgehead atoms. The minimum Gasteiger partial charge on any atom is -0.455 e. The van der Waals surface area contributed by atoms with Gasteiger partial charge in [0.05, 0.1) is 0 Å². The first-order chi connectivity index (χ1) is 43.2. The van der Waals surface area contributed by atoms with E-state index in [-0.39, 0.29) is 16.2 Å². The molecule has 0 spiro atoms. The van der Waals surface area contributed by atoms with Crippen LogP contribution in [0.5, 0.6) is 0 Å². The molecule has 3 aromatic heterocycles. The molecule has 0 atom stereocenters. The number of furan rings is 3. The van der Waals surface area contributed by atoms with Crippen LogP contribution in [0.15, 0.2) is 226 Å². The van der Waals surface area contributed by atoms with Crippen LogP contribution in [0, 0.1) is 0 Å². The molecule has 0 amide bonds. The van der Waals surface area contributed by atoms with Crippen LogP contribution >= 0.6 is 0 Å². The predicted molar refractivity (Wildman–Crippen MR) is 367 cm³/mol. The van der Waals surface area contributed by atoms with Crippen molar-refractivity contribution in [3.05, 3.63) is 268 Å². The Morgan fingerprint density at radius 1 is 0.303 bits per heavy atom. The summed E-state index contributed by atoms with van der Waals surface area (Å²) in [7, 11) is 0. The van der Waals surface area contributed by atoms with Crippen molar-refractivity contribution in [3.63, 3.8) is 0 Å². The Hall–Kier alpha value is -10.2. The van der Waals surface area contributed by atoms with Crippen molar-refractivity contribution >= 4 is 82.9 Å². The monoisotopic (exact) mass is 1140 g/mol. The van der Waals surface area contributed by atoms with E-state index in [1.165, 1.54) is 133 Å². The molecule has 20 rings (SSSR count). The van der Waals surface area contributed by atoms with Crippen LogP contribution in [0.1, 0.15) is 111 Å². The third-order valence-electron chi connectivity index (χ3n) is 22.2. The molecule has 0 fully saturated rings. The summed E-state index contributed by atoms with van der Waals surface area (Å²) in [6, 6.07) is 79.3. The molecule has 0 aliphatic heterocycles. The van der Waals surface area contributed by atoms with E-state index in [0.29, 0.717) is 0 Å². The number of hydrogen-bond acceptors (Lipinski definition) is 4. The Morgan fingerprint density at radius 2 is 0.730 bits per heavy atom. The van der Waals surface area contributed by atoms with Gasteiger partial charge in [0.1, 0.15) is 33.5 Å². The van der Waals surface area contributed by atoms with Crippen LogP contribution in [0.3, 0.4) is 0 Å². The number of anilines is 3. The Morgan fingerprint density at radius 3 is 1.34 bits per heavy atom. The van der Waals surface area contributed by atoms with Crippen molar-refractivity contribution in [1.82, 2.24) is 0 Å². The van der Waals surface area contributed by atoms with E-state index in [4.69, 9.17) is 13.3 Å². The van der Waals surface area contributed by atoms with Gasteiger partial charge < -0.3 is 18.2 Å².